The fraction of sp³-hybridized carbons (Fsp3) is 0.400. The molecule has 1 saturated carbocycles. The van der Waals surface area contributed by atoms with Crippen molar-refractivity contribution in [1.29, 1.82) is 0 Å². The molecule has 0 spiro atoms. The van der Waals surface area contributed by atoms with Crippen molar-refractivity contribution >= 4 is 33.8 Å². The summed E-state index contributed by atoms with van der Waals surface area (Å²) in [5.74, 6) is 0.884. The average Bonchev–Trinajstić information content (AvgIpc) is 3.66. The van der Waals surface area contributed by atoms with Gasteiger partial charge >= 0.3 is 6.18 Å². The van der Waals surface area contributed by atoms with Crippen LogP contribution in [0.4, 0.5) is 24.7 Å². The van der Waals surface area contributed by atoms with Crippen molar-refractivity contribution in [2.75, 3.05) is 29.9 Å². The first-order valence-electron chi connectivity index (χ1n) is 12.2. The number of amides is 1. The van der Waals surface area contributed by atoms with Gasteiger partial charge in [0.1, 0.15) is 5.82 Å². The van der Waals surface area contributed by atoms with Gasteiger partial charge in [0.2, 0.25) is 5.91 Å². The fourth-order valence-corrected chi connectivity index (χ4v) is 4.55. The number of pyridine rings is 3. The van der Waals surface area contributed by atoms with Gasteiger partial charge in [0, 0.05) is 46.9 Å². The normalized spacial score (nSPS) is 18.5. The Morgan fingerprint density at radius 2 is 2.03 bits per heavy atom. The van der Waals surface area contributed by atoms with Gasteiger partial charge in [-0.2, -0.15) is 13.2 Å². The van der Waals surface area contributed by atoms with Crippen LogP contribution >= 0.6 is 0 Å². The molecule has 0 bridgehead atoms. The van der Waals surface area contributed by atoms with Crippen LogP contribution in [0.25, 0.3) is 27.8 Å². The largest absolute Gasteiger partial charge is 0.416 e. The summed E-state index contributed by atoms with van der Waals surface area (Å²) in [6, 6.07) is 5.27. The summed E-state index contributed by atoms with van der Waals surface area (Å²) in [6.07, 6.45) is 1.31. The highest BCUT2D eigenvalue weighted by atomic mass is 19.4. The maximum atomic E-state index is 13.2. The second-order valence-corrected chi connectivity index (χ2v) is 9.32. The molecule has 192 valence electrons. The van der Waals surface area contributed by atoms with Crippen LogP contribution in [0.15, 0.2) is 36.8 Å². The zero-order chi connectivity index (χ0) is 25.7. The minimum atomic E-state index is -4.42. The minimum absolute atomic E-state index is 0.0140. The molecule has 1 saturated heterocycles. The predicted molar refractivity (Wildman–Crippen MR) is 130 cm³/mol. The van der Waals surface area contributed by atoms with Gasteiger partial charge in [0.15, 0.2) is 17.6 Å². The monoisotopic (exact) mass is 511 g/mol. The number of nitrogens with one attached hydrogen (secondary N) is 1. The number of alkyl halides is 3. The Morgan fingerprint density at radius 3 is 2.78 bits per heavy atom. The summed E-state index contributed by atoms with van der Waals surface area (Å²) in [4.78, 5) is 27.5. The third-order valence-electron chi connectivity index (χ3n) is 6.74. The van der Waals surface area contributed by atoms with E-state index >= 15 is 0 Å². The second-order valence-electron chi connectivity index (χ2n) is 9.32. The van der Waals surface area contributed by atoms with Gasteiger partial charge in [-0.3, -0.25) is 9.78 Å². The van der Waals surface area contributed by atoms with Gasteiger partial charge < -0.3 is 15.0 Å². The molecular formula is C25H24F3N7O2. The van der Waals surface area contributed by atoms with E-state index in [1.165, 1.54) is 0 Å². The Bertz CT molecular complexity index is 1500. The number of hydrogen-bond donors (Lipinski definition) is 1. The standard InChI is InChI=1S/C25H24F3N7O2/c1-2-19-17-10-30-21(31-24(36)14-3-4-14)9-16(17)18(11-29-19)23-32-22-6-5-15(12-35(22)33-23)34-7-8-37-20(13-34)25(26,27)28/h5-6,9-12,14,20H,2-4,7-8,13H2,1H3,(H,30,31,36)/t20-/m0/s1. The van der Waals surface area contributed by atoms with E-state index in [9.17, 15) is 18.0 Å². The molecule has 4 aromatic heterocycles. The molecule has 1 N–H and O–H groups in total. The first kappa shape index (κ1) is 23.6. The smallest absolute Gasteiger partial charge is 0.365 e. The zero-order valence-electron chi connectivity index (χ0n) is 20.0. The van der Waals surface area contributed by atoms with Crippen LogP contribution in [0, 0.1) is 5.92 Å². The highest BCUT2D eigenvalue weighted by Gasteiger charge is 2.43. The Kier molecular flexibility index (Phi) is 5.70. The van der Waals surface area contributed by atoms with Crippen LogP contribution < -0.4 is 10.2 Å². The number of morpholine rings is 1. The maximum Gasteiger partial charge on any atom is 0.416 e. The Balaban J connectivity index is 1.36. The zero-order valence-corrected chi connectivity index (χ0v) is 20.0. The lowest BCUT2D eigenvalue weighted by molar-refractivity contribution is -0.221. The number of fused-ring (bicyclic) bond motifs is 2. The summed E-state index contributed by atoms with van der Waals surface area (Å²) in [6.45, 7) is 2.05. The summed E-state index contributed by atoms with van der Waals surface area (Å²) in [5, 5.41) is 9.16. The van der Waals surface area contributed by atoms with Gasteiger partial charge in [-0.15, -0.1) is 5.10 Å². The van der Waals surface area contributed by atoms with Gasteiger partial charge in [0.05, 0.1) is 25.0 Å². The molecule has 1 aliphatic carbocycles. The molecule has 1 atom stereocenters. The van der Waals surface area contributed by atoms with Crippen LogP contribution in [-0.2, 0) is 16.0 Å². The summed E-state index contributed by atoms with van der Waals surface area (Å²) < 4.78 is 46.0. The first-order chi connectivity index (χ1) is 17.8. The highest BCUT2D eigenvalue weighted by Crippen LogP contribution is 2.33. The van der Waals surface area contributed by atoms with E-state index < -0.39 is 12.3 Å². The summed E-state index contributed by atoms with van der Waals surface area (Å²) in [5.41, 5.74) is 2.68. The molecule has 1 aliphatic heterocycles. The minimum Gasteiger partial charge on any atom is -0.365 e. The lowest BCUT2D eigenvalue weighted by Gasteiger charge is -2.35. The fourth-order valence-electron chi connectivity index (χ4n) is 4.55. The number of ether oxygens (including phenoxy) is 1. The average molecular weight is 512 g/mol. The van der Waals surface area contributed by atoms with E-state index in [0.29, 0.717) is 41.5 Å². The SMILES string of the molecule is CCc1ncc(-c2nc3ccc(N4CCO[C@H](C(F)(F)F)C4)cn3n2)c2cc(NC(=O)C3CC3)ncc12. The highest BCUT2D eigenvalue weighted by molar-refractivity contribution is 6.00. The van der Waals surface area contributed by atoms with Crippen LogP contribution in [0.1, 0.15) is 25.5 Å². The number of aryl methyl sites for hydroxylation is 1. The van der Waals surface area contributed by atoms with Gasteiger partial charge in [-0.1, -0.05) is 6.92 Å². The van der Waals surface area contributed by atoms with E-state index in [2.05, 4.69) is 25.4 Å². The van der Waals surface area contributed by atoms with Crippen molar-refractivity contribution in [1.82, 2.24) is 24.6 Å². The van der Waals surface area contributed by atoms with Crippen molar-refractivity contribution in [2.45, 2.75) is 38.5 Å². The lowest BCUT2D eigenvalue weighted by atomic mass is 10.1. The van der Waals surface area contributed by atoms with Crippen LogP contribution in [-0.4, -0.2) is 62.4 Å². The van der Waals surface area contributed by atoms with Crippen LogP contribution in [0.5, 0.6) is 0 Å². The number of carbonyl (C=O) groups is 1. The molecule has 5 heterocycles. The van der Waals surface area contributed by atoms with Crippen LogP contribution in [0.3, 0.4) is 0 Å². The van der Waals surface area contributed by atoms with Crippen molar-refractivity contribution in [3.8, 4) is 11.4 Å². The molecule has 0 unspecified atom stereocenters. The molecule has 6 rings (SSSR count). The lowest BCUT2D eigenvalue weighted by Crippen LogP contribution is -2.49. The van der Waals surface area contributed by atoms with E-state index in [-0.39, 0.29) is 25.0 Å². The number of halogens is 3. The van der Waals surface area contributed by atoms with E-state index in [4.69, 9.17) is 4.74 Å². The molecule has 37 heavy (non-hydrogen) atoms. The molecule has 2 aliphatic rings. The molecule has 1 amide bonds. The maximum absolute atomic E-state index is 13.2. The molecule has 12 heteroatoms. The van der Waals surface area contributed by atoms with Gasteiger partial charge in [0.25, 0.3) is 0 Å². The Hall–Kier alpha value is -3.80. The molecule has 0 radical (unpaired) electrons. The van der Waals surface area contributed by atoms with Crippen molar-refractivity contribution in [3.63, 3.8) is 0 Å². The van der Waals surface area contributed by atoms with Crippen molar-refractivity contribution in [3.05, 3.63) is 42.5 Å². The van der Waals surface area contributed by atoms with Crippen molar-refractivity contribution in [2.24, 2.45) is 5.92 Å². The molecule has 2 fully saturated rings. The Labute approximate surface area is 209 Å². The quantitative estimate of drug-likeness (QED) is 0.432. The number of anilines is 2. The topological polar surface area (TPSA) is 97.5 Å². The second kappa shape index (κ2) is 8.94. The van der Waals surface area contributed by atoms with E-state index in [1.54, 1.807) is 40.1 Å². The number of hydrogen-bond acceptors (Lipinski definition) is 7. The van der Waals surface area contributed by atoms with Gasteiger partial charge in [-0.05, 0) is 37.5 Å². The van der Waals surface area contributed by atoms with Gasteiger partial charge in [-0.25, -0.2) is 14.5 Å². The number of aromatic nitrogens is 5. The molecule has 9 nitrogen and oxygen atoms in total. The Morgan fingerprint density at radius 1 is 1.19 bits per heavy atom. The third kappa shape index (κ3) is 4.57. The number of nitrogens with zero attached hydrogens (tertiary/aromatic N) is 6. The molecule has 4 aromatic rings. The van der Waals surface area contributed by atoms with E-state index in [0.717, 1.165) is 29.3 Å². The molecular weight excluding hydrogens is 487 g/mol. The predicted octanol–water partition coefficient (Wildman–Crippen LogP) is 4.02. The van der Waals surface area contributed by atoms with Crippen molar-refractivity contribution < 1.29 is 22.7 Å². The summed E-state index contributed by atoms with van der Waals surface area (Å²) in [7, 11) is 0. The number of rotatable bonds is 5. The third-order valence-corrected chi connectivity index (χ3v) is 6.74. The first-order valence-corrected chi connectivity index (χ1v) is 12.2. The molecule has 0 aromatic carbocycles. The van der Waals surface area contributed by atoms with E-state index in [1.807, 2.05) is 13.0 Å². The summed E-state index contributed by atoms with van der Waals surface area (Å²) >= 11 is 0. The number of carbonyl (C=O) groups excluding carboxylic acids is 1. The van der Waals surface area contributed by atoms with Crippen LogP contribution in [0.2, 0.25) is 0 Å².